The third-order valence-electron chi connectivity index (χ3n) is 4.09. The number of hydrogen-bond donors (Lipinski definition) is 1. The van der Waals surface area contributed by atoms with E-state index in [1.54, 1.807) is 31.4 Å². The summed E-state index contributed by atoms with van der Waals surface area (Å²) < 4.78 is 7.17. The molecular weight excluding hydrogens is 358 g/mol. The van der Waals surface area contributed by atoms with Gasteiger partial charge in [-0.2, -0.15) is 0 Å². The molecular formula is C21H23N3O2S. The molecule has 3 rings (SSSR count). The van der Waals surface area contributed by atoms with Crippen LogP contribution in [0, 0.1) is 0 Å². The highest BCUT2D eigenvalue weighted by Crippen LogP contribution is 2.21. The van der Waals surface area contributed by atoms with E-state index in [0.717, 1.165) is 28.5 Å². The summed E-state index contributed by atoms with van der Waals surface area (Å²) in [6.45, 7) is 1.35. The second-order valence-electron chi connectivity index (χ2n) is 6.10. The molecule has 1 heterocycles. The molecule has 0 bridgehead atoms. The Hall–Kier alpha value is -2.73. The van der Waals surface area contributed by atoms with Crippen molar-refractivity contribution in [2.24, 2.45) is 0 Å². The first kappa shape index (κ1) is 19.0. The van der Waals surface area contributed by atoms with E-state index in [-0.39, 0.29) is 5.91 Å². The summed E-state index contributed by atoms with van der Waals surface area (Å²) in [6.07, 6.45) is 6.02. The van der Waals surface area contributed by atoms with Crippen LogP contribution < -0.4 is 10.1 Å². The number of methoxy groups -OCH3 is 1. The maximum absolute atomic E-state index is 12.0. The van der Waals surface area contributed by atoms with E-state index in [2.05, 4.69) is 34.6 Å². The number of aromatic nitrogens is 2. The van der Waals surface area contributed by atoms with Crippen molar-refractivity contribution in [3.8, 4) is 5.75 Å². The van der Waals surface area contributed by atoms with Crippen LogP contribution in [0.25, 0.3) is 0 Å². The lowest BCUT2D eigenvalue weighted by molar-refractivity contribution is -0.120. The van der Waals surface area contributed by atoms with Crippen molar-refractivity contribution in [3.63, 3.8) is 0 Å². The van der Waals surface area contributed by atoms with Crippen molar-refractivity contribution in [2.75, 3.05) is 12.9 Å². The molecule has 6 heteroatoms. The molecule has 140 valence electrons. The Balaban J connectivity index is 1.37. The summed E-state index contributed by atoms with van der Waals surface area (Å²) >= 11 is 1.67. The van der Waals surface area contributed by atoms with Crippen LogP contribution >= 0.6 is 11.8 Å². The number of ether oxygens (including phenoxy) is 1. The van der Waals surface area contributed by atoms with Gasteiger partial charge in [-0.3, -0.25) is 4.79 Å². The lowest BCUT2D eigenvalue weighted by atomic mass is 10.1. The molecule has 1 N–H and O–H groups in total. The molecule has 1 aromatic heterocycles. The smallest absolute Gasteiger partial charge is 0.221 e. The number of amides is 1. The van der Waals surface area contributed by atoms with Gasteiger partial charge in [0.1, 0.15) is 5.75 Å². The van der Waals surface area contributed by atoms with Gasteiger partial charge in [0.25, 0.3) is 0 Å². The third kappa shape index (κ3) is 6.18. The molecule has 0 saturated carbocycles. The van der Waals surface area contributed by atoms with Crippen LogP contribution in [0.1, 0.15) is 17.5 Å². The number of carbonyl (C=O) groups is 1. The first-order chi connectivity index (χ1) is 13.2. The second kappa shape index (κ2) is 9.83. The van der Waals surface area contributed by atoms with Crippen molar-refractivity contribution in [3.05, 3.63) is 78.4 Å². The Labute approximate surface area is 163 Å². The predicted octanol–water partition coefficient (Wildman–Crippen LogP) is 3.74. The highest BCUT2D eigenvalue weighted by atomic mass is 32.2. The maximum Gasteiger partial charge on any atom is 0.221 e. The molecule has 0 unspecified atom stereocenters. The zero-order chi connectivity index (χ0) is 18.9. The fraction of sp³-hybridized carbons (Fsp3) is 0.238. The van der Waals surface area contributed by atoms with Gasteiger partial charge in [0.2, 0.25) is 5.91 Å². The molecule has 0 atom stereocenters. The molecule has 27 heavy (non-hydrogen) atoms. The normalized spacial score (nSPS) is 10.6. The minimum atomic E-state index is 0.0681. The standard InChI is InChI=1S/C21H23N3O2S/c1-26-19-6-8-20(9-7-19)27-13-10-21(25)23-14-17-2-4-18(5-3-17)15-24-12-11-22-16-24/h2-9,11-12,16H,10,13-15H2,1H3,(H,23,25). The van der Waals surface area contributed by atoms with E-state index >= 15 is 0 Å². The van der Waals surface area contributed by atoms with E-state index < -0.39 is 0 Å². The summed E-state index contributed by atoms with van der Waals surface area (Å²) in [5, 5.41) is 2.98. The van der Waals surface area contributed by atoms with Gasteiger partial charge in [0, 0.05) is 42.6 Å². The van der Waals surface area contributed by atoms with Gasteiger partial charge in [-0.1, -0.05) is 24.3 Å². The van der Waals surface area contributed by atoms with Crippen molar-refractivity contribution in [1.29, 1.82) is 0 Å². The Bertz CT molecular complexity index is 831. The fourth-order valence-corrected chi connectivity index (χ4v) is 3.43. The van der Waals surface area contributed by atoms with E-state index in [0.29, 0.717) is 13.0 Å². The maximum atomic E-state index is 12.0. The minimum Gasteiger partial charge on any atom is -0.497 e. The van der Waals surface area contributed by atoms with Crippen LogP contribution in [-0.2, 0) is 17.9 Å². The molecule has 0 spiro atoms. The van der Waals surface area contributed by atoms with Gasteiger partial charge >= 0.3 is 0 Å². The van der Waals surface area contributed by atoms with Gasteiger partial charge in [0.05, 0.1) is 13.4 Å². The largest absolute Gasteiger partial charge is 0.497 e. The van der Waals surface area contributed by atoms with Gasteiger partial charge < -0.3 is 14.6 Å². The molecule has 0 aliphatic heterocycles. The molecule has 5 nitrogen and oxygen atoms in total. The lowest BCUT2D eigenvalue weighted by Crippen LogP contribution is -2.22. The molecule has 0 saturated heterocycles. The zero-order valence-corrected chi connectivity index (χ0v) is 16.1. The van der Waals surface area contributed by atoms with Crippen molar-refractivity contribution in [1.82, 2.24) is 14.9 Å². The van der Waals surface area contributed by atoms with Gasteiger partial charge in [0.15, 0.2) is 0 Å². The number of nitrogens with one attached hydrogen (secondary N) is 1. The number of benzene rings is 2. The Morgan fingerprint density at radius 1 is 1.11 bits per heavy atom. The minimum absolute atomic E-state index is 0.0681. The first-order valence-electron chi connectivity index (χ1n) is 8.80. The summed E-state index contributed by atoms with van der Waals surface area (Å²) in [5.41, 5.74) is 2.31. The van der Waals surface area contributed by atoms with E-state index in [1.165, 1.54) is 5.56 Å². The fourth-order valence-electron chi connectivity index (χ4n) is 2.58. The number of imidazole rings is 1. The number of carbonyl (C=O) groups excluding carboxylic acids is 1. The quantitative estimate of drug-likeness (QED) is 0.574. The zero-order valence-electron chi connectivity index (χ0n) is 15.3. The van der Waals surface area contributed by atoms with E-state index in [1.807, 2.05) is 35.0 Å². The van der Waals surface area contributed by atoms with Gasteiger partial charge in [-0.05, 0) is 35.4 Å². The number of nitrogens with zero attached hydrogens (tertiary/aromatic N) is 2. The first-order valence-corrected chi connectivity index (χ1v) is 9.78. The van der Waals surface area contributed by atoms with E-state index in [9.17, 15) is 4.79 Å². The van der Waals surface area contributed by atoms with Gasteiger partial charge in [-0.15, -0.1) is 11.8 Å². The number of rotatable bonds is 9. The van der Waals surface area contributed by atoms with Gasteiger partial charge in [-0.25, -0.2) is 4.98 Å². The SMILES string of the molecule is COc1ccc(SCCC(=O)NCc2ccc(Cn3ccnc3)cc2)cc1. The molecule has 0 fully saturated rings. The topological polar surface area (TPSA) is 56.1 Å². The van der Waals surface area contributed by atoms with Crippen LogP contribution in [0.15, 0.2) is 72.1 Å². The van der Waals surface area contributed by atoms with E-state index in [4.69, 9.17) is 4.74 Å². The molecule has 0 aliphatic carbocycles. The Morgan fingerprint density at radius 3 is 2.52 bits per heavy atom. The number of thioether (sulfide) groups is 1. The Morgan fingerprint density at radius 2 is 1.85 bits per heavy atom. The summed E-state index contributed by atoms with van der Waals surface area (Å²) in [7, 11) is 1.65. The van der Waals surface area contributed by atoms with Crippen LogP contribution in [0.2, 0.25) is 0 Å². The molecule has 1 amide bonds. The summed E-state index contributed by atoms with van der Waals surface area (Å²) in [5.74, 6) is 1.66. The molecule has 0 radical (unpaired) electrons. The van der Waals surface area contributed by atoms with Crippen molar-refractivity contribution >= 4 is 17.7 Å². The predicted molar refractivity (Wildman–Crippen MR) is 108 cm³/mol. The second-order valence-corrected chi connectivity index (χ2v) is 7.27. The van der Waals surface area contributed by atoms with Crippen LogP contribution in [0.3, 0.4) is 0 Å². The third-order valence-corrected chi connectivity index (χ3v) is 5.11. The van der Waals surface area contributed by atoms with Crippen LogP contribution in [0.4, 0.5) is 0 Å². The van der Waals surface area contributed by atoms with Crippen molar-refractivity contribution < 1.29 is 9.53 Å². The summed E-state index contributed by atoms with van der Waals surface area (Å²) in [6, 6.07) is 16.1. The molecule has 2 aromatic carbocycles. The average Bonchev–Trinajstić information content (AvgIpc) is 3.21. The van der Waals surface area contributed by atoms with Crippen LogP contribution in [-0.4, -0.2) is 28.3 Å². The Kier molecular flexibility index (Phi) is 6.93. The van der Waals surface area contributed by atoms with Crippen LogP contribution in [0.5, 0.6) is 5.75 Å². The summed E-state index contributed by atoms with van der Waals surface area (Å²) in [4.78, 5) is 17.2. The lowest BCUT2D eigenvalue weighted by Gasteiger charge is -2.07. The highest BCUT2D eigenvalue weighted by molar-refractivity contribution is 7.99. The number of hydrogen-bond acceptors (Lipinski definition) is 4. The average molecular weight is 382 g/mol. The van der Waals surface area contributed by atoms with Crippen molar-refractivity contribution in [2.45, 2.75) is 24.4 Å². The molecule has 3 aromatic rings. The molecule has 0 aliphatic rings. The monoisotopic (exact) mass is 381 g/mol. The highest BCUT2D eigenvalue weighted by Gasteiger charge is 2.03.